The molecular weight excluding hydrogens is 282 g/mol. The molecule has 0 fully saturated rings. The summed E-state index contributed by atoms with van der Waals surface area (Å²) in [6, 6.07) is 6.30. The van der Waals surface area contributed by atoms with Gasteiger partial charge in [0.2, 0.25) is 5.91 Å². The molecule has 1 N–H and O–H groups in total. The van der Waals surface area contributed by atoms with E-state index in [1.165, 1.54) is 12.1 Å². The fourth-order valence-corrected chi connectivity index (χ4v) is 2.23. The number of rotatable bonds is 10. The Morgan fingerprint density at radius 1 is 1.18 bits per heavy atom. The summed E-state index contributed by atoms with van der Waals surface area (Å²) in [6.45, 7) is 6.47. The molecule has 0 aliphatic heterocycles. The van der Waals surface area contributed by atoms with Gasteiger partial charge in [0.1, 0.15) is 0 Å². The van der Waals surface area contributed by atoms with Gasteiger partial charge < -0.3 is 10.2 Å². The number of nitro benzene ring substituents is 1. The number of carbonyl (C=O) groups is 1. The molecule has 22 heavy (non-hydrogen) atoms. The molecule has 0 spiro atoms. The zero-order chi connectivity index (χ0) is 16.4. The number of hydrogen-bond acceptors (Lipinski definition) is 4. The van der Waals surface area contributed by atoms with Gasteiger partial charge in [-0.1, -0.05) is 13.8 Å². The molecule has 0 heterocycles. The lowest BCUT2D eigenvalue weighted by molar-refractivity contribution is -0.384. The van der Waals surface area contributed by atoms with Crippen LogP contribution in [0.3, 0.4) is 0 Å². The lowest BCUT2D eigenvalue weighted by atomic mass is 10.2. The molecule has 6 nitrogen and oxygen atoms in total. The summed E-state index contributed by atoms with van der Waals surface area (Å²) in [5.41, 5.74) is 0.910. The number of anilines is 1. The molecule has 1 aromatic rings. The number of nitro groups is 1. The van der Waals surface area contributed by atoms with Gasteiger partial charge >= 0.3 is 0 Å². The standard InChI is InChI=1S/C16H25N3O3/c1-3-12-18(13-4-2)16(20)6-5-11-17-14-7-9-15(10-8-14)19(21)22/h7-10,17H,3-6,11-13H2,1-2H3. The third-order valence-corrected chi connectivity index (χ3v) is 3.31. The molecule has 1 amide bonds. The zero-order valence-corrected chi connectivity index (χ0v) is 13.4. The predicted octanol–water partition coefficient (Wildman–Crippen LogP) is 3.44. The van der Waals surface area contributed by atoms with Gasteiger partial charge in [0.25, 0.3) is 5.69 Å². The summed E-state index contributed by atoms with van der Waals surface area (Å²) in [7, 11) is 0. The van der Waals surface area contributed by atoms with E-state index in [0.29, 0.717) is 13.0 Å². The monoisotopic (exact) mass is 307 g/mol. The maximum absolute atomic E-state index is 12.1. The van der Waals surface area contributed by atoms with Crippen LogP contribution in [0.25, 0.3) is 0 Å². The number of nitrogens with one attached hydrogen (secondary N) is 1. The zero-order valence-electron chi connectivity index (χ0n) is 13.4. The van der Waals surface area contributed by atoms with Gasteiger partial charge in [-0.05, 0) is 31.4 Å². The fourth-order valence-electron chi connectivity index (χ4n) is 2.23. The molecule has 0 saturated heterocycles. The highest BCUT2D eigenvalue weighted by atomic mass is 16.6. The second-order valence-corrected chi connectivity index (χ2v) is 5.22. The first-order valence-electron chi connectivity index (χ1n) is 7.84. The van der Waals surface area contributed by atoms with Crippen molar-refractivity contribution in [2.75, 3.05) is 25.0 Å². The first kappa shape index (κ1) is 17.9. The molecule has 0 radical (unpaired) electrons. The molecule has 122 valence electrons. The number of hydrogen-bond donors (Lipinski definition) is 1. The smallest absolute Gasteiger partial charge is 0.269 e. The van der Waals surface area contributed by atoms with Crippen LogP contribution in [0.2, 0.25) is 0 Å². The van der Waals surface area contributed by atoms with Crippen LogP contribution in [-0.2, 0) is 4.79 Å². The number of carbonyl (C=O) groups excluding carboxylic acids is 1. The van der Waals surface area contributed by atoms with Crippen LogP contribution in [0, 0.1) is 10.1 Å². The highest BCUT2D eigenvalue weighted by molar-refractivity contribution is 5.76. The molecular formula is C16H25N3O3. The number of non-ortho nitro benzene ring substituents is 1. The van der Waals surface area contributed by atoms with Crippen LogP contribution >= 0.6 is 0 Å². The van der Waals surface area contributed by atoms with E-state index in [1.807, 2.05) is 4.90 Å². The van der Waals surface area contributed by atoms with Crippen LogP contribution in [0.5, 0.6) is 0 Å². The van der Waals surface area contributed by atoms with Gasteiger partial charge in [-0.2, -0.15) is 0 Å². The average molecular weight is 307 g/mol. The number of benzene rings is 1. The minimum absolute atomic E-state index is 0.0792. The minimum Gasteiger partial charge on any atom is -0.385 e. The molecule has 0 saturated carbocycles. The fraction of sp³-hybridized carbons (Fsp3) is 0.562. The average Bonchev–Trinajstić information content (AvgIpc) is 2.51. The van der Waals surface area contributed by atoms with Crippen LogP contribution in [0.15, 0.2) is 24.3 Å². The molecule has 0 unspecified atom stereocenters. The molecule has 0 bridgehead atoms. The highest BCUT2D eigenvalue weighted by Crippen LogP contribution is 2.15. The number of amides is 1. The van der Waals surface area contributed by atoms with E-state index < -0.39 is 4.92 Å². The second-order valence-electron chi connectivity index (χ2n) is 5.22. The molecule has 0 aliphatic rings. The Morgan fingerprint density at radius 3 is 2.27 bits per heavy atom. The lowest BCUT2D eigenvalue weighted by Gasteiger charge is -2.21. The summed E-state index contributed by atoms with van der Waals surface area (Å²) in [5.74, 6) is 0.203. The van der Waals surface area contributed by atoms with Gasteiger partial charge in [0.15, 0.2) is 0 Å². The maximum atomic E-state index is 12.1. The SMILES string of the molecule is CCCN(CCC)C(=O)CCCNc1ccc([N+](=O)[O-])cc1. The molecule has 1 rings (SSSR count). The first-order valence-corrected chi connectivity index (χ1v) is 7.84. The van der Waals surface area contributed by atoms with Crippen molar-refractivity contribution < 1.29 is 9.72 Å². The Morgan fingerprint density at radius 2 is 1.77 bits per heavy atom. The van der Waals surface area contributed by atoms with Gasteiger partial charge in [0.05, 0.1) is 4.92 Å². The van der Waals surface area contributed by atoms with Crippen LogP contribution in [0.4, 0.5) is 11.4 Å². The normalized spacial score (nSPS) is 10.3. The van der Waals surface area contributed by atoms with E-state index in [1.54, 1.807) is 12.1 Å². The van der Waals surface area contributed by atoms with E-state index in [9.17, 15) is 14.9 Å². The van der Waals surface area contributed by atoms with E-state index in [2.05, 4.69) is 19.2 Å². The molecule has 6 heteroatoms. The van der Waals surface area contributed by atoms with Crippen LogP contribution in [0.1, 0.15) is 39.5 Å². The van der Waals surface area contributed by atoms with Gasteiger partial charge in [-0.3, -0.25) is 14.9 Å². The third-order valence-electron chi connectivity index (χ3n) is 3.31. The van der Waals surface area contributed by atoms with E-state index in [4.69, 9.17) is 0 Å². The lowest BCUT2D eigenvalue weighted by Crippen LogP contribution is -2.32. The van der Waals surface area contributed by atoms with Crippen molar-refractivity contribution in [1.82, 2.24) is 4.90 Å². The quantitative estimate of drug-likeness (QED) is 0.408. The Labute approximate surface area is 131 Å². The van der Waals surface area contributed by atoms with Crippen molar-refractivity contribution in [2.24, 2.45) is 0 Å². The third kappa shape index (κ3) is 6.11. The summed E-state index contributed by atoms with van der Waals surface area (Å²) >= 11 is 0. The largest absolute Gasteiger partial charge is 0.385 e. The van der Waals surface area contributed by atoms with Crippen LogP contribution in [-0.4, -0.2) is 35.4 Å². The summed E-state index contributed by atoms with van der Waals surface area (Å²) in [6.07, 6.45) is 3.24. The van der Waals surface area contributed by atoms with Gasteiger partial charge in [-0.15, -0.1) is 0 Å². The van der Waals surface area contributed by atoms with Crippen molar-refractivity contribution in [2.45, 2.75) is 39.5 Å². The highest BCUT2D eigenvalue weighted by Gasteiger charge is 2.10. The summed E-state index contributed by atoms with van der Waals surface area (Å²) < 4.78 is 0. The van der Waals surface area contributed by atoms with Gasteiger partial charge in [0, 0.05) is 43.9 Å². The molecule has 0 atom stereocenters. The Bertz CT molecular complexity index is 468. The number of nitrogens with zero attached hydrogens (tertiary/aromatic N) is 2. The molecule has 1 aromatic carbocycles. The van der Waals surface area contributed by atoms with Gasteiger partial charge in [-0.25, -0.2) is 0 Å². The van der Waals surface area contributed by atoms with Crippen molar-refractivity contribution in [3.05, 3.63) is 34.4 Å². The molecule has 0 aliphatic carbocycles. The van der Waals surface area contributed by atoms with Crippen molar-refractivity contribution in [1.29, 1.82) is 0 Å². The van der Waals surface area contributed by atoms with E-state index >= 15 is 0 Å². The van der Waals surface area contributed by atoms with Crippen LogP contribution < -0.4 is 5.32 Å². The Balaban J connectivity index is 2.31. The van der Waals surface area contributed by atoms with E-state index in [-0.39, 0.29) is 11.6 Å². The van der Waals surface area contributed by atoms with E-state index in [0.717, 1.165) is 38.0 Å². The Kier molecular flexibility index (Phi) is 7.96. The van der Waals surface area contributed by atoms with Crippen molar-refractivity contribution in [3.8, 4) is 0 Å². The predicted molar refractivity (Wildman–Crippen MR) is 88.0 cm³/mol. The summed E-state index contributed by atoms with van der Waals surface area (Å²) in [4.78, 5) is 24.1. The minimum atomic E-state index is -0.418. The topological polar surface area (TPSA) is 75.5 Å². The summed E-state index contributed by atoms with van der Waals surface area (Å²) in [5, 5.41) is 13.7. The molecule has 0 aromatic heterocycles. The maximum Gasteiger partial charge on any atom is 0.269 e. The van der Waals surface area contributed by atoms with Crippen molar-refractivity contribution in [3.63, 3.8) is 0 Å². The second kappa shape index (κ2) is 9.76. The van der Waals surface area contributed by atoms with Crippen molar-refractivity contribution >= 4 is 17.3 Å². The first-order chi connectivity index (χ1) is 10.6. The Hall–Kier alpha value is -2.11.